The molecule has 12 nitrogen and oxygen atoms in total. The summed E-state index contributed by atoms with van der Waals surface area (Å²) >= 11 is 0. The first-order valence-electron chi connectivity index (χ1n) is 27.5. The van der Waals surface area contributed by atoms with Crippen LogP contribution in [0, 0.1) is 0 Å². The van der Waals surface area contributed by atoms with Crippen LogP contribution < -0.4 is 0 Å². The first-order valence-corrected chi connectivity index (χ1v) is 27.5. The predicted molar refractivity (Wildman–Crippen MR) is 293 cm³/mol. The molecule has 1 aliphatic rings. The number of esters is 3. The van der Waals surface area contributed by atoms with Crippen LogP contribution in [-0.4, -0.2) is 89.2 Å². The highest BCUT2D eigenvalue weighted by atomic mass is 16.7. The third kappa shape index (κ3) is 38.4. The van der Waals surface area contributed by atoms with E-state index in [2.05, 4.69) is 130 Å². The van der Waals surface area contributed by atoms with Crippen molar-refractivity contribution in [2.75, 3.05) is 13.2 Å². The van der Waals surface area contributed by atoms with Crippen LogP contribution in [0.2, 0.25) is 0 Å². The molecule has 0 aromatic carbocycles. The zero-order valence-corrected chi connectivity index (χ0v) is 44.8. The molecule has 1 aliphatic heterocycles. The second-order valence-corrected chi connectivity index (χ2v) is 18.1. The summed E-state index contributed by atoms with van der Waals surface area (Å²) in [7, 11) is 0. The van der Waals surface area contributed by atoms with Gasteiger partial charge in [-0.05, 0) is 109 Å². The molecular weight excluding hydrogens is 925 g/mol. The van der Waals surface area contributed by atoms with Crippen LogP contribution in [0.3, 0.4) is 0 Å². The number of aliphatic hydroxyl groups is 2. The van der Waals surface area contributed by atoms with Crippen molar-refractivity contribution in [2.45, 2.75) is 225 Å². The van der Waals surface area contributed by atoms with E-state index in [9.17, 15) is 34.5 Å². The van der Waals surface area contributed by atoms with Crippen LogP contribution in [0.5, 0.6) is 0 Å². The summed E-state index contributed by atoms with van der Waals surface area (Å²) in [5.74, 6) is -3.31. The molecule has 0 spiro atoms. The van der Waals surface area contributed by atoms with E-state index in [0.717, 1.165) is 116 Å². The van der Waals surface area contributed by atoms with E-state index in [4.69, 9.17) is 23.7 Å². The number of carbonyl (C=O) groups is 4. The quantitative estimate of drug-likeness (QED) is 0.0228. The van der Waals surface area contributed by atoms with Gasteiger partial charge in [0.15, 0.2) is 24.6 Å². The minimum Gasteiger partial charge on any atom is -0.479 e. The van der Waals surface area contributed by atoms with Crippen LogP contribution in [0.25, 0.3) is 0 Å². The number of rotatable bonds is 44. The predicted octanol–water partition coefficient (Wildman–Crippen LogP) is 13.7. The Balaban J connectivity index is 2.77. The number of hydrogen-bond donors (Lipinski definition) is 3. The minimum absolute atomic E-state index is 0.0109. The molecule has 0 radical (unpaired) electrons. The number of ether oxygens (including phenoxy) is 5. The van der Waals surface area contributed by atoms with E-state index in [-0.39, 0.29) is 25.9 Å². The van der Waals surface area contributed by atoms with Gasteiger partial charge in [0.25, 0.3) is 0 Å². The van der Waals surface area contributed by atoms with Gasteiger partial charge in [-0.1, -0.05) is 181 Å². The van der Waals surface area contributed by atoms with E-state index < -0.39 is 67.3 Å². The highest BCUT2D eigenvalue weighted by Gasteiger charge is 2.50. The number of unbranched alkanes of at least 4 members (excludes halogenated alkanes) is 10. The number of carbonyl (C=O) groups excluding carboxylic acids is 3. The maximum atomic E-state index is 13.1. The topological polar surface area (TPSA) is 175 Å². The molecule has 0 bridgehead atoms. The highest BCUT2D eigenvalue weighted by Crippen LogP contribution is 2.26. The van der Waals surface area contributed by atoms with Gasteiger partial charge >= 0.3 is 23.9 Å². The molecule has 410 valence electrons. The van der Waals surface area contributed by atoms with Crippen LogP contribution in [0.15, 0.2) is 122 Å². The molecule has 1 heterocycles. The lowest BCUT2D eigenvalue weighted by atomic mass is 9.98. The normalized spacial score (nSPS) is 19.3. The largest absolute Gasteiger partial charge is 0.479 e. The van der Waals surface area contributed by atoms with Crippen molar-refractivity contribution in [3.05, 3.63) is 122 Å². The fourth-order valence-corrected chi connectivity index (χ4v) is 7.33. The molecule has 0 aliphatic carbocycles. The van der Waals surface area contributed by atoms with Gasteiger partial charge in [0.1, 0.15) is 18.8 Å². The standard InChI is InChI=1S/C61H94O12/c1-4-7-10-13-16-19-22-24-25-26-27-28-29-31-33-35-38-41-44-47-53(62)69-50-52(71-54(63)48-45-42-39-36-32-21-18-15-12-9-6-3)51-70-61-59(57(66)56(65)58(73-61)60(67)68)72-55(64)49-46-43-40-37-34-30-23-20-17-14-11-8-5-2/h7-8,10-11,15-20,24-25,27-28,30-31,33-34,38,41,52,56-59,61,65-66H,4-6,9,12-14,21-23,26,29,32,35-37,39-40,42-51H2,1-3H3,(H,67,68)/b10-7-,11-8-,18-15-,19-16-,20-17-,25-24-,28-27-,33-31-,34-30-,41-38-. The molecule has 6 atom stereocenters. The van der Waals surface area contributed by atoms with E-state index >= 15 is 0 Å². The molecule has 73 heavy (non-hydrogen) atoms. The van der Waals surface area contributed by atoms with Gasteiger partial charge in [0.2, 0.25) is 0 Å². The molecule has 0 amide bonds. The van der Waals surface area contributed by atoms with Crippen LogP contribution in [-0.2, 0) is 42.9 Å². The van der Waals surface area contributed by atoms with Crippen molar-refractivity contribution < 1.29 is 58.2 Å². The molecule has 3 N–H and O–H groups in total. The lowest BCUT2D eigenvalue weighted by Gasteiger charge is -2.40. The zero-order valence-electron chi connectivity index (χ0n) is 44.8. The number of aliphatic carboxylic acids is 1. The average molecular weight is 1020 g/mol. The van der Waals surface area contributed by atoms with E-state index in [1.807, 2.05) is 12.2 Å². The molecule has 0 saturated carbocycles. The first-order chi connectivity index (χ1) is 35.6. The van der Waals surface area contributed by atoms with Crippen molar-refractivity contribution in [1.82, 2.24) is 0 Å². The Morgan fingerprint density at radius 3 is 1.40 bits per heavy atom. The molecular formula is C61H94O12. The third-order valence-corrected chi connectivity index (χ3v) is 11.5. The summed E-state index contributed by atoms with van der Waals surface area (Å²) in [6.45, 7) is 5.60. The fraction of sp³-hybridized carbons (Fsp3) is 0.607. The van der Waals surface area contributed by atoms with E-state index in [1.165, 1.54) is 12.8 Å². The lowest BCUT2D eigenvalue weighted by Crippen LogP contribution is -2.61. The number of carboxylic acid groups (broad SMARTS) is 1. The summed E-state index contributed by atoms with van der Waals surface area (Å²) in [6.07, 6.45) is 53.4. The molecule has 1 saturated heterocycles. The second-order valence-electron chi connectivity index (χ2n) is 18.1. The summed E-state index contributed by atoms with van der Waals surface area (Å²) in [5.41, 5.74) is 0. The van der Waals surface area contributed by atoms with Gasteiger partial charge in [0, 0.05) is 19.3 Å². The summed E-state index contributed by atoms with van der Waals surface area (Å²) in [5, 5.41) is 31.4. The number of hydrogen-bond acceptors (Lipinski definition) is 11. The van der Waals surface area contributed by atoms with E-state index in [1.54, 1.807) is 0 Å². The summed E-state index contributed by atoms with van der Waals surface area (Å²) in [4.78, 5) is 50.9. The van der Waals surface area contributed by atoms with Crippen molar-refractivity contribution in [1.29, 1.82) is 0 Å². The van der Waals surface area contributed by atoms with Gasteiger partial charge in [-0.25, -0.2) is 4.79 Å². The second kappa shape index (κ2) is 48.1. The summed E-state index contributed by atoms with van der Waals surface area (Å²) in [6, 6.07) is 0. The van der Waals surface area contributed by atoms with Crippen LogP contribution >= 0.6 is 0 Å². The van der Waals surface area contributed by atoms with Crippen molar-refractivity contribution in [3.63, 3.8) is 0 Å². The maximum Gasteiger partial charge on any atom is 0.335 e. The van der Waals surface area contributed by atoms with Crippen LogP contribution in [0.4, 0.5) is 0 Å². The van der Waals surface area contributed by atoms with Gasteiger partial charge in [-0.2, -0.15) is 0 Å². The summed E-state index contributed by atoms with van der Waals surface area (Å²) < 4.78 is 28.2. The lowest BCUT2D eigenvalue weighted by molar-refractivity contribution is -0.301. The fourth-order valence-electron chi connectivity index (χ4n) is 7.33. The van der Waals surface area contributed by atoms with Crippen molar-refractivity contribution in [3.8, 4) is 0 Å². The Hall–Kier alpha value is -4.88. The highest BCUT2D eigenvalue weighted by molar-refractivity contribution is 5.74. The maximum absolute atomic E-state index is 13.1. The SMILES string of the molecule is CC/C=C\C/C=C\C/C=C\C/C=C\C/C=C\C/C=C\CCC(=O)OCC(COC1OC(C(=O)O)C(O)C(O)C1OC(=O)CCCCC/C=C\C/C=C\C/C=C\CC)OC(=O)CCCCCCC/C=C\CCCC. The Morgan fingerprint density at radius 1 is 0.466 bits per heavy atom. The third-order valence-electron chi connectivity index (χ3n) is 11.5. The molecule has 1 fully saturated rings. The number of allylic oxidation sites excluding steroid dienone is 20. The van der Waals surface area contributed by atoms with Crippen molar-refractivity contribution >= 4 is 23.9 Å². The Bertz CT molecular complexity index is 1730. The average Bonchev–Trinajstić information content (AvgIpc) is 3.37. The van der Waals surface area contributed by atoms with Crippen molar-refractivity contribution in [2.24, 2.45) is 0 Å². The Labute approximate surface area is 439 Å². The Morgan fingerprint density at radius 2 is 0.890 bits per heavy atom. The van der Waals surface area contributed by atoms with E-state index in [0.29, 0.717) is 19.3 Å². The monoisotopic (exact) mass is 1020 g/mol. The van der Waals surface area contributed by atoms with Gasteiger partial charge in [0.05, 0.1) is 6.61 Å². The van der Waals surface area contributed by atoms with Crippen LogP contribution in [0.1, 0.15) is 188 Å². The minimum atomic E-state index is -1.93. The first kappa shape index (κ1) is 66.1. The molecule has 12 heteroatoms. The number of aliphatic hydroxyl groups excluding tert-OH is 2. The molecule has 0 aromatic rings. The molecule has 6 unspecified atom stereocenters. The molecule has 1 rings (SSSR count). The number of carboxylic acids is 1. The van der Waals surface area contributed by atoms with Gasteiger partial charge < -0.3 is 39.0 Å². The Kier molecular flexibility index (Phi) is 43.6. The zero-order chi connectivity index (χ0) is 53.3. The van der Waals surface area contributed by atoms with Gasteiger partial charge in [-0.3, -0.25) is 14.4 Å². The van der Waals surface area contributed by atoms with Gasteiger partial charge in [-0.15, -0.1) is 0 Å². The smallest absolute Gasteiger partial charge is 0.335 e. The molecule has 0 aromatic heterocycles.